The molecule has 1 rings (SSSR count). The van der Waals surface area contributed by atoms with Crippen molar-refractivity contribution in [1.29, 1.82) is 0 Å². The highest BCUT2D eigenvalue weighted by Gasteiger charge is 2.03. The molecule has 0 spiro atoms. The van der Waals surface area contributed by atoms with Crippen LogP contribution in [-0.2, 0) is 0 Å². The molecule has 1 aromatic carbocycles. The Labute approximate surface area is 93.3 Å². The molecule has 0 aliphatic carbocycles. The fourth-order valence-corrected chi connectivity index (χ4v) is 1.17. The van der Waals surface area contributed by atoms with Gasteiger partial charge in [-0.3, -0.25) is 4.79 Å². The van der Waals surface area contributed by atoms with Crippen molar-refractivity contribution in [1.82, 2.24) is 5.43 Å². The molecule has 0 fully saturated rings. The number of carbonyl (C=O) groups is 2. The predicted octanol–water partition coefficient (Wildman–Crippen LogP) is 1.22. The molecule has 0 aliphatic rings. The van der Waals surface area contributed by atoms with Gasteiger partial charge in [-0.05, 0) is 13.0 Å². The lowest BCUT2D eigenvalue weighted by Gasteiger charge is -1.98. The summed E-state index contributed by atoms with van der Waals surface area (Å²) in [5, 5.41) is 3.49. The standard InChI is InChI=1S/C11H13N3O2/c1-8-3-2-4-9(7-8)10(15)5-6-13-14-11(12)16/h2-4,6-7H,5H2,1H3,(H3,12,14,16)/b13-6-. The maximum absolute atomic E-state index is 11.6. The van der Waals surface area contributed by atoms with Gasteiger partial charge in [0, 0.05) is 18.2 Å². The van der Waals surface area contributed by atoms with E-state index in [0.717, 1.165) is 5.56 Å². The van der Waals surface area contributed by atoms with Crippen LogP contribution >= 0.6 is 0 Å². The Kier molecular flexibility index (Phi) is 4.20. The van der Waals surface area contributed by atoms with Crippen LogP contribution in [0.25, 0.3) is 0 Å². The molecule has 5 heteroatoms. The van der Waals surface area contributed by atoms with Crippen molar-refractivity contribution < 1.29 is 9.59 Å². The summed E-state index contributed by atoms with van der Waals surface area (Å²) in [5.41, 5.74) is 8.47. The number of urea groups is 1. The number of amides is 2. The highest BCUT2D eigenvalue weighted by Crippen LogP contribution is 2.05. The molecule has 0 aromatic heterocycles. The number of nitrogens with zero attached hydrogens (tertiary/aromatic N) is 1. The van der Waals surface area contributed by atoms with E-state index in [1.54, 1.807) is 12.1 Å². The number of aryl methyl sites for hydroxylation is 1. The molecular weight excluding hydrogens is 206 g/mol. The van der Waals surface area contributed by atoms with Crippen LogP contribution in [0.4, 0.5) is 4.79 Å². The van der Waals surface area contributed by atoms with Gasteiger partial charge < -0.3 is 5.73 Å². The number of primary amides is 1. The first-order valence-corrected chi connectivity index (χ1v) is 4.76. The minimum Gasteiger partial charge on any atom is -0.350 e. The van der Waals surface area contributed by atoms with Crippen LogP contribution in [0.2, 0.25) is 0 Å². The molecular formula is C11H13N3O2. The van der Waals surface area contributed by atoms with Crippen LogP contribution in [0.3, 0.4) is 0 Å². The van der Waals surface area contributed by atoms with Crippen molar-refractivity contribution in [2.45, 2.75) is 13.3 Å². The number of ketones is 1. The number of carbonyl (C=O) groups excluding carboxylic acids is 2. The average Bonchev–Trinajstić information content (AvgIpc) is 2.24. The number of hydrogen-bond acceptors (Lipinski definition) is 3. The van der Waals surface area contributed by atoms with Crippen molar-refractivity contribution in [3.63, 3.8) is 0 Å². The minimum absolute atomic E-state index is 0.0567. The van der Waals surface area contributed by atoms with Crippen molar-refractivity contribution >= 4 is 18.0 Å². The van der Waals surface area contributed by atoms with Gasteiger partial charge in [0.15, 0.2) is 5.78 Å². The van der Waals surface area contributed by atoms with Crippen LogP contribution in [0.1, 0.15) is 22.3 Å². The van der Waals surface area contributed by atoms with Crippen molar-refractivity contribution in [3.05, 3.63) is 35.4 Å². The van der Waals surface area contributed by atoms with Gasteiger partial charge in [-0.1, -0.05) is 23.8 Å². The Morgan fingerprint density at radius 1 is 1.50 bits per heavy atom. The lowest BCUT2D eigenvalue weighted by atomic mass is 10.1. The van der Waals surface area contributed by atoms with Gasteiger partial charge in [0.25, 0.3) is 0 Å². The maximum Gasteiger partial charge on any atom is 0.332 e. The third-order valence-corrected chi connectivity index (χ3v) is 1.88. The zero-order chi connectivity index (χ0) is 12.0. The summed E-state index contributed by atoms with van der Waals surface area (Å²) in [6, 6.07) is 6.53. The van der Waals surface area contributed by atoms with Crippen LogP contribution in [0.15, 0.2) is 29.4 Å². The third kappa shape index (κ3) is 3.91. The molecule has 0 bridgehead atoms. The number of Topliss-reactive ketones (excluding diaryl/α,β-unsaturated/α-hetero) is 1. The summed E-state index contributed by atoms with van der Waals surface area (Å²) in [7, 11) is 0. The summed E-state index contributed by atoms with van der Waals surface area (Å²) in [6.45, 7) is 1.92. The molecule has 0 heterocycles. The molecule has 0 aliphatic heterocycles. The molecule has 3 N–H and O–H groups in total. The molecule has 0 saturated heterocycles. The zero-order valence-corrected chi connectivity index (χ0v) is 8.93. The predicted molar refractivity (Wildman–Crippen MR) is 61.3 cm³/mol. The molecule has 84 valence electrons. The Balaban J connectivity index is 2.53. The number of hydrogen-bond donors (Lipinski definition) is 2. The monoisotopic (exact) mass is 219 g/mol. The summed E-state index contributed by atoms with van der Waals surface area (Å²) in [5.74, 6) is -0.0567. The number of nitrogens with one attached hydrogen (secondary N) is 1. The SMILES string of the molecule is Cc1cccc(C(=O)C/C=N\NC(N)=O)c1. The Morgan fingerprint density at radius 2 is 2.25 bits per heavy atom. The van der Waals surface area contributed by atoms with E-state index in [-0.39, 0.29) is 12.2 Å². The van der Waals surface area contributed by atoms with Gasteiger partial charge in [0.1, 0.15) is 0 Å². The lowest BCUT2D eigenvalue weighted by molar-refractivity contribution is 0.100. The fourth-order valence-electron chi connectivity index (χ4n) is 1.17. The van der Waals surface area contributed by atoms with Crippen molar-refractivity contribution in [3.8, 4) is 0 Å². The van der Waals surface area contributed by atoms with Crippen molar-refractivity contribution in [2.24, 2.45) is 10.8 Å². The molecule has 2 amide bonds. The normalized spacial score (nSPS) is 10.3. The largest absolute Gasteiger partial charge is 0.350 e. The van der Waals surface area contributed by atoms with Gasteiger partial charge >= 0.3 is 6.03 Å². The van der Waals surface area contributed by atoms with E-state index in [1.807, 2.05) is 24.5 Å². The number of hydrazone groups is 1. The first kappa shape index (κ1) is 11.9. The molecule has 16 heavy (non-hydrogen) atoms. The van der Waals surface area contributed by atoms with Gasteiger partial charge in [0.2, 0.25) is 0 Å². The molecule has 5 nitrogen and oxygen atoms in total. The van der Waals surface area contributed by atoms with E-state index in [4.69, 9.17) is 5.73 Å². The van der Waals surface area contributed by atoms with E-state index >= 15 is 0 Å². The summed E-state index contributed by atoms with van der Waals surface area (Å²) < 4.78 is 0. The maximum atomic E-state index is 11.6. The van der Waals surface area contributed by atoms with Gasteiger partial charge in [-0.2, -0.15) is 5.10 Å². The summed E-state index contributed by atoms with van der Waals surface area (Å²) in [6.07, 6.45) is 1.44. The topological polar surface area (TPSA) is 84.6 Å². The number of benzene rings is 1. The quantitative estimate of drug-likeness (QED) is 0.453. The first-order valence-electron chi connectivity index (χ1n) is 4.76. The van der Waals surface area contributed by atoms with E-state index in [1.165, 1.54) is 6.21 Å². The van der Waals surface area contributed by atoms with E-state index in [9.17, 15) is 9.59 Å². The molecule has 0 radical (unpaired) electrons. The highest BCUT2D eigenvalue weighted by molar-refractivity contribution is 6.03. The van der Waals surface area contributed by atoms with E-state index in [0.29, 0.717) is 5.56 Å². The molecule has 0 unspecified atom stereocenters. The van der Waals surface area contributed by atoms with E-state index < -0.39 is 6.03 Å². The Morgan fingerprint density at radius 3 is 2.88 bits per heavy atom. The highest BCUT2D eigenvalue weighted by atomic mass is 16.2. The molecule has 0 atom stereocenters. The van der Waals surface area contributed by atoms with Gasteiger partial charge in [-0.25, -0.2) is 10.2 Å². The first-order chi connectivity index (χ1) is 7.59. The number of nitrogens with two attached hydrogens (primary N) is 1. The summed E-state index contributed by atoms with van der Waals surface area (Å²) in [4.78, 5) is 21.9. The Bertz CT molecular complexity index is 427. The Hall–Kier alpha value is -2.17. The lowest BCUT2D eigenvalue weighted by Crippen LogP contribution is -2.24. The van der Waals surface area contributed by atoms with Gasteiger partial charge in [-0.15, -0.1) is 0 Å². The summed E-state index contributed by atoms with van der Waals surface area (Å²) >= 11 is 0. The average molecular weight is 219 g/mol. The van der Waals surface area contributed by atoms with E-state index in [2.05, 4.69) is 5.10 Å². The van der Waals surface area contributed by atoms with Crippen LogP contribution in [-0.4, -0.2) is 18.0 Å². The molecule has 0 saturated carbocycles. The second kappa shape index (κ2) is 5.65. The van der Waals surface area contributed by atoms with Crippen LogP contribution < -0.4 is 11.2 Å². The smallest absolute Gasteiger partial charge is 0.332 e. The van der Waals surface area contributed by atoms with Crippen molar-refractivity contribution in [2.75, 3.05) is 0 Å². The van der Waals surface area contributed by atoms with Crippen LogP contribution in [0, 0.1) is 6.92 Å². The molecule has 1 aromatic rings. The number of rotatable bonds is 4. The third-order valence-electron chi connectivity index (χ3n) is 1.88. The fraction of sp³-hybridized carbons (Fsp3) is 0.182. The zero-order valence-electron chi connectivity index (χ0n) is 8.93. The van der Waals surface area contributed by atoms with Crippen LogP contribution in [0.5, 0.6) is 0 Å². The van der Waals surface area contributed by atoms with Gasteiger partial charge in [0.05, 0.1) is 0 Å². The second-order valence-corrected chi connectivity index (χ2v) is 3.28. The minimum atomic E-state index is -0.751. The second-order valence-electron chi connectivity index (χ2n) is 3.28.